The second-order valence-corrected chi connectivity index (χ2v) is 5.73. The number of nitrogens with zero attached hydrogens (tertiary/aromatic N) is 1. The monoisotopic (exact) mass is 280 g/mol. The van der Waals surface area contributed by atoms with Crippen LogP contribution in [0.4, 0.5) is 13.2 Å². The highest BCUT2D eigenvalue weighted by molar-refractivity contribution is 4.77. The second-order valence-electron chi connectivity index (χ2n) is 5.73. The van der Waals surface area contributed by atoms with Crippen molar-refractivity contribution in [2.45, 2.75) is 57.7 Å². The van der Waals surface area contributed by atoms with Crippen LogP contribution in [-0.4, -0.2) is 43.8 Å². The molecule has 5 heteroatoms. The largest absolute Gasteiger partial charge is 0.389 e. The van der Waals surface area contributed by atoms with E-state index in [0.717, 1.165) is 25.6 Å². The summed E-state index contributed by atoms with van der Waals surface area (Å²) in [7, 11) is 1.97. The van der Waals surface area contributed by atoms with E-state index in [0.29, 0.717) is 6.42 Å². The predicted octanol–water partition coefficient (Wildman–Crippen LogP) is 3.43. The van der Waals surface area contributed by atoms with Crippen LogP contribution in [0.25, 0.3) is 0 Å². The summed E-state index contributed by atoms with van der Waals surface area (Å²) in [6, 6.07) is 0.285. The SMILES string of the molecule is CNCCC1CCN(C(C)CCCC(F)(F)F)CC1. The highest BCUT2D eigenvalue weighted by atomic mass is 19.4. The third kappa shape index (κ3) is 7.16. The quantitative estimate of drug-likeness (QED) is 0.768. The van der Waals surface area contributed by atoms with Gasteiger partial charge in [-0.05, 0) is 71.6 Å². The van der Waals surface area contributed by atoms with Crippen LogP contribution in [0.3, 0.4) is 0 Å². The van der Waals surface area contributed by atoms with Gasteiger partial charge < -0.3 is 10.2 Å². The first-order valence-corrected chi connectivity index (χ1v) is 7.38. The van der Waals surface area contributed by atoms with Crippen LogP contribution in [0.5, 0.6) is 0 Å². The lowest BCUT2D eigenvalue weighted by Gasteiger charge is -2.36. The van der Waals surface area contributed by atoms with Gasteiger partial charge in [-0.2, -0.15) is 13.2 Å². The van der Waals surface area contributed by atoms with E-state index in [4.69, 9.17) is 0 Å². The molecule has 0 aromatic carbocycles. The van der Waals surface area contributed by atoms with E-state index in [1.54, 1.807) is 0 Å². The number of halogens is 3. The Kier molecular flexibility index (Phi) is 7.15. The molecule has 2 nitrogen and oxygen atoms in total. The first-order valence-electron chi connectivity index (χ1n) is 7.38. The zero-order chi connectivity index (χ0) is 14.3. The maximum absolute atomic E-state index is 12.1. The highest BCUT2D eigenvalue weighted by Crippen LogP contribution is 2.26. The maximum Gasteiger partial charge on any atom is 0.389 e. The van der Waals surface area contributed by atoms with Gasteiger partial charge in [0.05, 0.1) is 0 Å². The van der Waals surface area contributed by atoms with Crippen molar-refractivity contribution < 1.29 is 13.2 Å². The molecule has 1 rings (SSSR count). The molecule has 0 bridgehead atoms. The molecule has 1 heterocycles. The third-order valence-electron chi connectivity index (χ3n) is 4.16. The first kappa shape index (κ1) is 16.8. The smallest absolute Gasteiger partial charge is 0.320 e. The highest BCUT2D eigenvalue weighted by Gasteiger charge is 2.27. The zero-order valence-corrected chi connectivity index (χ0v) is 12.1. The van der Waals surface area contributed by atoms with Crippen molar-refractivity contribution in [3.63, 3.8) is 0 Å². The van der Waals surface area contributed by atoms with Crippen molar-refractivity contribution in [1.82, 2.24) is 10.2 Å². The Labute approximate surface area is 114 Å². The molecule has 1 unspecified atom stereocenters. The Morgan fingerprint density at radius 1 is 1.26 bits per heavy atom. The molecule has 1 saturated heterocycles. The van der Waals surface area contributed by atoms with E-state index in [-0.39, 0.29) is 12.5 Å². The van der Waals surface area contributed by atoms with E-state index < -0.39 is 12.6 Å². The lowest BCUT2D eigenvalue weighted by molar-refractivity contribution is -0.136. The molecule has 0 amide bonds. The van der Waals surface area contributed by atoms with Gasteiger partial charge in [-0.25, -0.2) is 0 Å². The van der Waals surface area contributed by atoms with Gasteiger partial charge in [-0.1, -0.05) is 0 Å². The van der Waals surface area contributed by atoms with Crippen molar-refractivity contribution in [3.05, 3.63) is 0 Å². The molecule has 114 valence electrons. The summed E-state index contributed by atoms with van der Waals surface area (Å²) in [5.41, 5.74) is 0. The van der Waals surface area contributed by atoms with Crippen molar-refractivity contribution in [1.29, 1.82) is 0 Å². The third-order valence-corrected chi connectivity index (χ3v) is 4.16. The minimum absolute atomic E-state index is 0.254. The Bertz CT molecular complexity index is 235. The molecule has 0 aromatic rings. The van der Waals surface area contributed by atoms with Crippen LogP contribution in [0.2, 0.25) is 0 Å². The summed E-state index contributed by atoms with van der Waals surface area (Å²) in [6.07, 6.45) is -0.149. The number of likely N-dealkylation sites (tertiary alicyclic amines) is 1. The first-order chi connectivity index (χ1) is 8.92. The number of hydrogen-bond acceptors (Lipinski definition) is 2. The van der Waals surface area contributed by atoms with Gasteiger partial charge in [0.2, 0.25) is 0 Å². The van der Waals surface area contributed by atoms with Gasteiger partial charge in [0.1, 0.15) is 0 Å². The number of hydrogen-bond donors (Lipinski definition) is 1. The Morgan fingerprint density at radius 3 is 2.42 bits per heavy atom. The lowest BCUT2D eigenvalue weighted by atomic mass is 9.92. The predicted molar refractivity (Wildman–Crippen MR) is 72.2 cm³/mol. The van der Waals surface area contributed by atoms with Crippen LogP contribution >= 0.6 is 0 Å². The van der Waals surface area contributed by atoms with E-state index >= 15 is 0 Å². The molecule has 0 aromatic heterocycles. The summed E-state index contributed by atoms with van der Waals surface area (Å²) in [4.78, 5) is 2.35. The van der Waals surface area contributed by atoms with Crippen molar-refractivity contribution in [2.24, 2.45) is 5.92 Å². The van der Waals surface area contributed by atoms with Crippen molar-refractivity contribution in [2.75, 3.05) is 26.7 Å². The average Bonchev–Trinajstić information content (AvgIpc) is 2.35. The van der Waals surface area contributed by atoms with Gasteiger partial charge in [-0.15, -0.1) is 0 Å². The van der Waals surface area contributed by atoms with Crippen molar-refractivity contribution >= 4 is 0 Å². The molecule has 19 heavy (non-hydrogen) atoms. The van der Waals surface area contributed by atoms with E-state index in [1.165, 1.54) is 19.3 Å². The maximum atomic E-state index is 12.1. The topological polar surface area (TPSA) is 15.3 Å². The molecule has 0 aliphatic carbocycles. The summed E-state index contributed by atoms with van der Waals surface area (Å²) in [5, 5.41) is 3.17. The minimum Gasteiger partial charge on any atom is -0.320 e. The number of alkyl halides is 3. The fourth-order valence-electron chi connectivity index (χ4n) is 2.81. The molecule has 1 atom stereocenters. The molecule has 1 fully saturated rings. The lowest BCUT2D eigenvalue weighted by Crippen LogP contribution is -2.40. The zero-order valence-electron chi connectivity index (χ0n) is 12.1. The van der Waals surface area contributed by atoms with Crippen LogP contribution < -0.4 is 5.32 Å². The van der Waals surface area contributed by atoms with Gasteiger partial charge in [0.15, 0.2) is 0 Å². The normalized spacial score (nSPS) is 20.7. The van der Waals surface area contributed by atoms with Crippen LogP contribution in [0, 0.1) is 5.92 Å². The molecular formula is C14H27F3N2. The fourth-order valence-corrected chi connectivity index (χ4v) is 2.81. The van der Waals surface area contributed by atoms with Crippen LogP contribution in [0.15, 0.2) is 0 Å². The molecule has 0 saturated carbocycles. The summed E-state index contributed by atoms with van der Waals surface area (Å²) >= 11 is 0. The molecule has 0 radical (unpaired) electrons. The molecule has 1 aliphatic heterocycles. The van der Waals surface area contributed by atoms with Crippen LogP contribution in [-0.2, 0) is 0 Å². The molecule has 1 N–H and O–H groups in total. The fraction of sp³-hybridized carbons (Fsp3) is 1.00. The van der Waals surface area contributed by atoms with E-state index in [1.807, 2.05) is 7.05 Å². The molecular weight excluding hydrogens is 253 g/mol. The Morgan fingerprint density at radius 2 is 1.89 bits per heavy atom. The molecule has 1 aliphatic rings. The van der Waals surface area contributed by atoms with E-state index in [9.17, 15) is 13.2 Å². The standard InChI is InChI=1S/C14H27F3N2/c1-12(4-3-8-14(15,16)17)19-10-6-13(7-11-19)5-9-18-2/h12-13,18H,3-11H2,1-2H3. The number of rotatable bonds is 7. The minimum atomic E-state index is -4.00. The van der Waals surface area contributed by atoms with E-state index in [2.05, 4.69) is 17.1 Å². The Balaban J connectivity index is 2.16. The Hall–Kier alpha value is -0.290. The van der Waals surface area contributed by atoms with Crippen LogP contribution in [0.1, 0.15) is 45.4 Å². The average molecular weight is 280 g/mol. The van der Waals surface area contributed by atoms with Gasteiger partial charge in [0.25, 0.3) is 0 Å². The van der Waals surface area contributed by atoms with Gasteiger partial charge in [-0.3, -0.25) is 0 Å². The van der Waals surface area contributed by atoms with Gasteiger partial charge >= 0.3 is 6.18 Å². The molecule has 0 spiro atoms. The second kappa shape index (κ2) is 8.10. The summed E-state index contributed by atoms with van der Waals surface area (Å²) in [6.45, 7) is 5.21. The van der Waals surface area contributed by atoms with Crippen molar-refractivity contribution in [3.8, 4) is 0 Å². The summed E-state index contributed by atoms with van der Waals surface area (Å²) in [5.74, 6) is 0.783. The van der Waals surface area contributed by atoms with Gasteiger partial charge in [0, 0.05) is 12.5 Å². The number of nitrogens with one attached hydrogen (secondary N) is 1. The summed E-state index contributed by atoms with van der Waals surface area (Å²) < 4.78 is 36.3. The number of piperidine rings is 1.